The molecule has 1 nitrogen and oxygen atoms in total. The van der Waals surface area contributed by atoms with Gasteiger partial charge < -0.3 is 0 Å². The van der Waals surface area contributed by atoms with Gasteiger partial charge in [0.1, 0.15) is 0 Å². The Kier molecular flexibility index (Phi) is 4.82. The van der Waals surface area contributed by atoms with Crippen molar-refractivity contribution in [2.45, 2.75) is 46.6 Å². The smallest absolute Gasteiger partial charge is 0.257 e. The zero-order valence-electron chi connectivity index (χ0n) is 9.27. The number of alkyl halides is 2. The van der Waals surface area contributed by atoms with E-state index in [0.29, 0.717) is 5.92 Å². The minimum absolute atomic E-state index is 0.136. The van der Waals surface area contributed by atoms with E-state index in [1.54, 1.807) is 0 Å². The third kappa shape index (κ3) is 6.94. The summed E-state index contributed by atoms with van der Waals surface area (Å²) in [4.78, 5) is 1.82. The molecular formula is C10H21F2N. The summed E-state index contributed by atoms with van der Waals surface area (Å²) >= 11 is 0. The van der Waals surface area contributed by atoms with Crippen LogP contribution in [0.4, 0.5) is 8.78 Å². The lowest BCUT2D eigenvalue weighted by Crippen LogP contribution is -2.41. The number of halogens is 2. The van der Waals surface area contributed by atoms with E-state index in [1.165, 1.54) is 0 Å². The molecule has 0 heterocycles. The highest BCUT2D eigenvalue weighted by molar-refractivity contribution is 4.71. The second-order valence-corrected chi connectivity index (χ2v) is 4.49. The normalized spacial score (nSPS) is 13.4. The van der Waals surface area contributed by atoms with E-state index in [1.807, 2.05) is 32.6 Å². The average Bonchev–Trinajstić information content (AvgIpc) is 1.81. The minimum Gasteiger partial charge on any atom is -0.295 e. The molecule has 0 saturated carbocycles. The van der Waals surface area contributed by atoms with Crippen molar-refractivity contribution in [1.82, 2.24) is 4.90 Å². The summed E-state index contributed by atoms with van der Waals surface area (Å²) in [6, 6.07) is 0.188. The molecule has 0 aliphatic carbocycles. The predicted octanol–water partition coefficient (Wildman–Crippen LogP) is 3.01. The molecule has 0 unspecified atom stereocenters. The van der Waals surface area contributed by atoms with Gasteiger partial charge in [0.2, 0.25) is 0 Å². The first kappa shape index (κ1) is 12.8. The Morgan fingerprint density at radius 3 is 1.85 bits per heavy atom. The molecule has 0 aliphatic rings. The van der Waals surface area contributed by atoms with E-state index in [2.05, 4.69) is 0 Å². The van der Waals surface area contributed by atoms with Crippen LogP contribution >= 0.6 is 0 Å². The SMILES string of the molecule is CC(C)CN(CC(C)(F)F)C(C)C. The molecule has 0 spiro atoms. The molecule has 0 atom stereocenters. The standard InChI is InChI=1S/C10H21F2N/c1-8(2)6-13(9(3)4)7-10(5,11)12/h8-9H,6-7H2,1-5H3. The van der Waals surface area contributed by atoms with Crippen LogP contribution in [-0.4, -0.2) is 30.0 Å². The lowest BCUT2D eigenvalue weighted by molar-refractivity contribution is -0.0252. The van der Waals surface area contributed by atoms with Gasteiger partial charge in [-0.25, -0.2) is 8.78 Å². The van der Waals surface area contributed by atoms with Gasteiger partial charge in [0.25, 0.3) is 5.92 Å². The predicted molar refractivity (Wildman–Crippen MR) is 52.2 cm³/mol. The quantitative estimate of drug-likeness (QED) is 0.648. The molecule has 0 bridgehead atoms. The molecule has 13 heavy (non-hydrogen) atoms. The molecule has 0 fully saturated rings. The summed E-state index contributed by atoms with van der Waals surface area (Å²) in [5.74, 6) is -2.15. The van der Waals surface area contributed by atoms with Crippen LogP contribution in [0.15, 0.2) is 0 Å². The highest BCUT2D eigenvalue weighted by Gasteiger charge is 2.26. The second kappa shape index (κ2) is 4.89. The zero-order chi connectivity index (χ0) is 10.6. The van der Waals surface area contributed by atoms with E-state index in [9.17, 15) is 8.78 Å². The highest BCUT2D eigenvalue weighted by atomic mass is 19.3. The number of nitrogens with zero attached hydrogens (tertiary/aromatic N) is 1. The van der Waals surface area contributed by atoms with Crippen LogP contribution in [0.5, 0.6) is 0 Å². The van der Waals surface area contributed by atoms with E-state index in [4.69, 9.17) is 0 Å². The van der Waals surface area contributed by atoms with Gasteiger partial charge in [-0.2, -0.15) is 0 Å². The largest absolute Gasteiger partial charge is 0.295 e. The van der Waals surface area contributed by atoms with Gasteiger partial charge in [-0.1, -0.05) is 13.8 Å². The maximum atomic E-state index is 12.7. The molecular weight excluding hydrogens is 172 g/mol. The van der Waals surface area contributed by atoms with Crippen LogP contribution in [0.1, 0.15) is 34.6 Å². The molecule has 0 amide bonds. The second-order valence-electron chi connectivity index (χ2n) is 4.49. The minimum atomic E-state index is -2.58. The third-order valence-corrected chi connectivity index (χ3v) is 1.81. The van der Waals surface area contributed by atoms with Crippen LogP contribution in [0.3, 0.4) is 0 Å². The van der Waals surface area contributed by atoms with Crippen molar-refractivity contribution in [3.63, 3.8) is 0 Å². The lowest BCUT2D eigenvalue weighted by atomic mass is 10.1. The number of hydrogen-bond donors (Lipinski definition) is 0. The Bertz CT molecular complexity index is 138. The fraction of sp³-hybridized carbons (Fsp3) is 1.00. The maximum Gasteiger partial charge on any atom is 0.257 e. The van der Waals surface area contributed by atoms with Crippen molar-refractivity contribution in [2.24, 2.45) is 5.92 Å². The fourth-order valence-corrected chi connectivity index (χ4v) is 1.28. The topological polar surface area (TPSA) is 3.24 Å². The molecule has 0 N–H and O–H groups in total. The van der Waals surface area contributed by atoms with Crippen molar-refractivity contribution in [2.75, 3.05) is 13.1 Å². The summed E-state index contributed by atoms with van der Waals surface area (Å²) in [6.07, 6.45) is 0. The molecule has 0 aliphatic heterocycles. The molecule has 0 radical (unpaired) electrons. The molecule has 0 aromatic rings. The first-order chi connectivity index (χ1) is 5.72. The molecule has 80 valence electrons. The van der Waals surface area contributed by atoms with E-state index < -0.39 is 5.92 Å². The monoisotopic (exact) mass is 193 g/mol. The van der Waals surface area contributed by atoms with Gasteiger partial charge in [-0.15, -0.1) is 0 Å². The Morgan fingerprint density at radius 1 is 1.15 bits per heavy atom. The third-order valence-electron chi connectivity index (χ3n) is 1.81. The molecule has 0 saturated heterocycles. The Labute approximate surface area is 80.1 Å². The maximum absolute atomic E-state index is 12.7. The van der Waals surface area contributed by atoms with Gasteiger partial charge >= 0.3 is 0 Å². The summed E-state index contributed by atoms with van der Waals surface area (Å²) in [5, 5.41) is 0. The summed E-state index contributed by atoms with van der Waals surface area (Å²) in [7, 11) is 0. The summed E-state index contributed by atoms with van der Waals surface area (Å²) in [6.45, 7) is 9.57. The van der Waals surface area contributed by atoms with Crippen molar-refractivity contribution >= 4 is 0 Å². The summed E-state index contributed by atoms with van der Waals surface area (Å²) < 4.78 is 25.5. The first-order valence-electron chi connectivity index (χ1n) is 4.84. The van der Waals surface area contributed by atoms with Gasteiger partial charge in [-0.3, -0.25) is 4.90 Å². The first-order valence-corrected chi connectivity index (χ1v) is 4.84. The molecule has 0 rings (SSSR count). The molecule has 0 aromatic carbocycles. The van der Waals surface area contributed by atoms with E-state index in [0.717, 1.165) is 13.5 Å². The van der Waals surface area contributed by atoms with Crippen LogP contribution in [-0.2, 0) is 0 Å². The summed E-state index contributed by atoms with van der Waals surface area (Å²) in [5.41, 5.74) is 0. The number of hydrogen-bond acceptors (Lipinski definition) is 1. The van der Waals surface area contributed by atoms with E-state index >= 15 is 0 Å². The Balaban J connectivity index is 4.11. The van der Waals surface area contributed by atoms with Crippen LogP contribution in [0, 0.1) is 5.92 Å². The highest BCUT2D eigenvalue weighted by Crippen LogP contribution is 2.16. The van der Waals surface area contributed by atoms with Gasteiger partial charge in [0, 0.05) is 19.5 Å². The van der Waals surface area contributed by atoms with Crippen molar-refractivity contribution in [3.8, 4) is 0 Å². The average molecular weight is 193 g/mol. The van der Waals surface area contributed by atoms with Crippen LogP contribution in [0.2, 0.25) is 0 Å². The Hall–Kier alpha value is -0.180. The van der Waals surface area contributed by atoms with Gasteiger partial charge in [0.05, 0.1) is 6.54 Å². The molecule has 0 aromatic heterocycles. The lowest BCUT2D eigenvalue weighted by Gasteiger charge is -2.30. The number of rotatable bonds is 5. The fourth-order valence-electron chi connectivity index (χ4n) is 1.28. The van der Waals surface area contributed by atoms with Crippen LogP contribution < -0.4 is 0 Å². The van der Waals surface area contributed by atoms with Crippen molar-refractivity contribution in [1.29, 1.82) is 0 Å². The zero-order valence-corrected chi connectivity index (χ0v) is 9.27. The van der Waals surface area contributed by atoms with Gasteiger partial charge in [0.15, 0.2) is 0 Å². The molecule has 3 heteroatoms. The van der Waals surface area contributed by atoms with E-state index in [-0.39, 0.29) is 12.6 Å². The van der Waals surface area contributed by atoms with Crippen molar-refractivity contribution < 1.29 is 8.78 Å². The van der Waals surface area contributed by atoms with Gasteiger partial charge in [-0.05, 0) is 19.8 Å². The van der Waals surface area contributed by atoms with Crippen LogP contribution in [0.25, 0.3) is 0 Å². The Morgan fingerprint density at radius 2 is 1.62 bits per heavy atom. The van der Waals surface area contributed by atoms with Crippen molar-refractivity contribution in [3.05, 3.63) is 0 Å².